The minimum absolute atomic E-state index is 0.196. The summed E-state index contributed by atoms with van der Waals surface area (Å²) in [5.41, 5.74) is 1.74. The van der Waals surface area contributed by atoms with Crippen molar-refractivity contribution in [3.8, 4) is 0 Å². The Morgan fingerprint density at radius 1 is 1.30 bits per heavy atom. The van der Waals surface area contributed by atoms with E-state index in [0.29, 0.717) is 30.2 Å². The van der Waals surface area contributed by atoms with E-state index in [1.165, 1.54) is 6.07 Å². The van der Waals surface area contributed by atoms with Crippen LogP contribution in [0.25, 0.3) is 11.0 Å². The molecule has 2 nitrogen and oxygen atoms in total. The van der Waals surface area contributed by atoms with Gasteiger partial charge in [-0.15, -0.1) is 11.6 Å². The first-order chi connectivity index (χ1) is 9.69. The summed E-state index contributed by atoms with van der Waals surface area (Å²) in [6.07, 6.45) is 0.515. The minimum Gasteiger partial charge on any atom is -0.323 e. The van der Waals surface area contributed by atoms with E-state index in [4.69, 9.17) is 11.6 Å². The summed E-state index contributed by atoms with van der Waals surface area (Å²) in [6, 6.07) is 4.15. The van der Waals surface area contributed by atoms with E-state index in [9.17, 15) is 8.78 Å². The quantitative estimate of drug-likeness (QED) is 0.660. The van der Waals surface area contributed by atoms with Crippen molar-refractivity contribution in [2.45, 2.75) is 13.0 Å². The molecule has 0 radical (unpaired) electrons. The van der Waals surface area contributed by atoms with E-state index in [1.54, 1.807) is 11.3 Å². The molecule has 6 heteroatoms. The van der Waals surface area contributed by atoms with E-state index < -0.39 is 11.6 Å². The second kappa shape index (κ2) is 5.50. The molecule has 3 aromatic rings. The topological polar surface area (TPSA) is 17.8 Å². The number of rotatable bonds is 4. The van der Waals surface area contributed by atoms with E-state index >= 15 is 0 Å². The lowest BCUT2D eigenvalue weighted by molar-refractivity contribution is 0.590. The number of thiophene rings is 1. The molecule has 104 valence electrons. The maximum atomic E-state index is 13.8. The second-order valence-electron chi connectivity index (χ2n) is 4.44. The van der Waals surface area contributed by atoms with Gasteiger partial charge in [-0.05, 0) is 28.5 Å². The number of aromatic nitrogens is 2. The number of imidazole rings is 1. The summed E-state index contributed by atoms with van der Waals surface area (Å²) >= 11 is 7.35. The van der Waals surface area contributed by atoms with Gasteiger partial charge in [0.1, 0.15) is 17.2 Å². The lowest BCUT2D eigenvalue weighted by atomic mass is 10.2. The van der Waals surface area contributed by atoms with Crippen molar-refractivity contribution in [3.05, 3.63) is 52.0 Å². The van der Waals surface area contributed by atoms with Gasteiger partial charge in [-0.1, -0.05) is 0 Å². The molecule has 0 aliphatic rings. The summed E-state index contributed by atoms with van der Waals surface area (Å²) < 4.78 is 29.1. The average molecular weight is 313 g/mol. The van der Waals surface area contributed by atoms with Crippen LogP contribution in [0.3, 0.4) is 0 Å². The molecule has 1 aromatic carbocycles. The first kappa shape index (κ1) is 13.5. The Morgan fingerprint density at radius 3 is 2.85 bits per heavy atom. The zero-order chi connectivity index (χ0) is 14.1. The van der Waals surface area contributed by atoms with E-state index in [1.807, 2.05) is 21.4 Å². The van der Waals surface area contributed by atoms with Crippen LogP contribution in [0.4, 0.5) is 8.78 Å². The van der Waals surface area contributed by atoms with Crippen molar-refractivity contribution in [1.29, 1.82) is 0 Å². The van der Waals surface area contributed by atoms with E-state index in [2.05, 4.69) is 4.98 Å². The molecule has 0 atom stereocenters. The Hall–Kier alpha value is -1.46. The van der Waals surface area contributed by atoms with Crippen molar-refractivity contribution in [2.75, 3.05) is 5.88 Å². The predicted molar refractivity (Wildman–Crippen MR) is 77.5 cm³/mol. The number of benzene rings is 1. The molecular weight excluding hydrogens is 302 g/mol. The Labute approximate surface area is 123 Å². The van der Waals surface area contributed by atoms with Crippen LogP contribution in [0, 0.1) is 11.6 Å². The Kier molecular flexibility index (Phi) is 3.72. The van der Waals surface area contributed by atoms with Crippen LogP contribution in [0.15, 0.2) is 29.0 Å². The molecule has 2 heterocycles. The van der Waals surface area contributed by atoms with Gasteiger partial charge in [0.15, 0.2) is 5.82 Å². The van der Waals surface area contributed by atoms with Crippen LogP contribution in [-0.2, 0) is 13.0 Å². The van der Waals surface area contributed by atoms with Gasteiger partial charge in [-0.2, -0.15) is 11.3 Å². The average Bonchev–Trinajstić information content (AvgIpc) is 3.01. The first-order valence-electron chi connectivity index (χ1n) is 6.10. The molecule has 0 aliphatic carbocycles. The number of nitrogens with zero attached hydrogens (tertiary/aromatic N) is 2. The van der Waals surface area contributed by atoms with E-state index in [0.717, 1.165) is 11.6 Å². The van der Waals surface area contributed by atoms with Crippen molar-refractivity contribution in [3.63, 3.8) is 0 Å². The van der Waals surface area contributed by atoms with Gasteiger partial charge in [-0.25, -0.2) is 13.8 Å². The molecule has 0 bridgehead atoms. The summed E-state index contributed by atoms with van der Waals surface area (Å²) in [4.78, 5) is 4.26. The molecule has 0 saturated heterocycles. The number of alkyl halides is 1. The van der Waals surface area contributed by atoms with Crippen molar-refractivity contribution < 1.29 is 8.78 Å². The fourth-order valence-corrected chi connectivity index (χ4v) is 3.04. The van der Waals surface area contributed by atoms with E-state index in [-0.39, 0.29) is 5.52 Å². The summed E-state index contributed by atoms with van der Waals surface area (Å²) in [5, 5.41) is 3.98. The van der Waals surface area contributed by atoms with Crippen molar-refractivity contribution in [2.24, 2.45) is 0 Å². The predicted octanol–water partition coefficient (Wildman–Crippen LogP) is 4.21. The van der Waals surface area contributed by atoms with Gasteiger partial charge in [0.05, 0.1) is 12.1 Å². The highest BCUT2D eigenvalue weighted by atomic mass is 35.5. The Bertz CT molecular complexity index is 737. The highest BCUT2D eigenvalue weighted by molar-refractivity contribution is 7.07. The fraction of sp³-hybridized carbons (Fsp3) is 0.214. The van der Waals surface area contributed by atoms with Crippen LogP contribution < -0.4 is 0 Å². The zero-order valence-electron chi connectivity index (χ0n) is 10.4. The number of hydrogen-bond acceptors (Lipinski definition) is 2. The molecule has 0 amide bonds. The summed E-state index contributed by atoms with van der Waals surface area (Å²) in [7, 11) is 0. The molecule has 0 aliphatic heterocycles. The highest BCUT2D eigenvalue weighted by Crippen LogP contribution is 2.23. The minimum atomic E-state index is -0.639. The highest BCUT2D eigenvalue weighted by Gasteiger charge is 2.15. The maximum Gasteiger partial charge on any atom is 0.153 e. The van der Waals surface area contributed by atoms with Crippen LogP contribution >= 0.6 is 22.9 Å². The number of aryl methyl sites for hydroxylation is 1. The Balaban J connectivity index is 2.17. The largest absolute Gasteiger partial charge is 0.323 e. The normalized spacial score (nSPS) is 11.3. The molecule has 0 N–H and O–H groups in total. The van der Waals surface area contributed by atoms with Crippen LogP contribution in [0.2, 0.25) is 0 Å². The summed E-state index contributed by atoms with van der Waals surface area (Å²) in [5.74, 6) is -0.179. The van der Waals surface area contributed by atoms with Gasteiger partial charge >= 0.3 is 0 Å². The Morgan fingerprint density at radius 2 is 2.15 bits per heavy atom. The molecule has 3 rings (SSSR count). The standard InChI is InChI=1S/C14H11ClF2N2S/c15-3-1-13-18-14-11(17)5-10(16)6-12(14)19(13)7-9-2-4-20-8-9/h2,4-6,8H,1,3,7H2. The van der Waals surface area contributed by atoms with Gasteiger partial charge in [0, 0.05) is 18.4 Å². The molecule has 0 saturated carbocycles. The SMILES string of the molecule is Fc1cc(F)c2nc(CCCl)n(Cc3ccsc3)c2c1. The lowest BCUT2D eigenvalue weighted by Gasteiger charge is -2.07. The van der Waals surface area contributed by atoms with Gasteiger partial charge in [-0.3, -0.25) is 0 Å². The molecule has 0 fully saturated rings. The third kappa shape index (κ3) is 2.43. The molecule has 0 spiro atoms. The molecule has 2 aromatic heterocycles. The van der Waals surface area contributed by atoms with Crippen LogP contribution in [0.5, 0.6) is 0 Å². The monoisotopic (exact) mass is 312 g/mol. The second-order valence-corrected chi connectivity index (χ2v) is 5.60. The van der Waals surface area contributed by atoms with Crippen molar-refractivity contribution >= 4 is 34.0 Å². The summed E-state index contributed by atoms with van der Waals surface area (Å²) in [6.45, 7) is 0.537. The molecular formula is C14H11ClF2N2S. The fourth-order valence-electron chi connectivity index (χ4n) is 2.21. The van der Waals surface area contributed by atoms with Gasteiger partial charge < -0.3 is 4.57 Å². The maximum absolute atomic E-state index is 13.8. The number of fused-ring (bicyclic) bond motifs is 1. The first-order valence-corrected chi connectivity index (χ1v) is 7.58. The van der Waals surface area contributed by atoms with Gasteiger partial charge in [0.2, 0.25) is 0 Å². The number of halogens is 3. The smallest absolute Gasteiger partial charge is 0.153 e. The van der Waals surface area contributed by atoms with Crippen LogP contribution in [0.1, 0.15) is 11.4 Å². The molecule has 20 heavy (non-hydrogen) atoms. The third-order valence-corrected chi connectivity index (χ3v) is 4.01. The zero-order valence-corrected chi connectivity index (χ0v) is 12.0. The van der Waals surface area contributed by atoms with Gasteiger partial charge in [0.25, 0.3) is 0 Å². The molecule has 0 unspecified atom stereocenters. The number of hydrogen-bond donors (Lipinski definition) is 0. The third-order valence-electron chi connectivity index (χ3n) is 3.09. The van der Waals surface area contributed by atoms with Crippen LogP contribution in [-0.4, -0.2) is 15.4 Å². The van der Waals surface area contributed by atoms with Crippen molar-refractivity contribution in [1.82, 2.24) is 9.55 Å². The lowest BCUT2D eigenvalue weighted by Crippen LogP contribution is -2.05.